The van der Waals surface area contributed by atoms with Gasteiger partial charge in [-0.3, -0.25) is 9.67 Å². The fourth-order valence-corrected chi connectivity index (χ4v) is 3.27. The monoisotopic (exact) mass is 484 g/mol. The number of halogens is 1. The second kappa shape index (κ2) is 10.6. The zero-order chi connectivity index (χ0) is 18.4. The average molecular weight is 484 g/mol. The number of ether oxygens (including phenoxy) is 1. The molecule has 1 aliphatic heterocycles. The molecule has 0 amide bonds. The molecule has 0 radical (unpaired) electrons. The van der Waals surface area contributed by atoms with E-state index in [0.29, 0.717) is 12.5 Å². The van der Waals surface area contributed by atoms with Crippen molar-refractivity contribution in [3.63, 3.8) is 0 Å². The highest BCUT2D eigenvalue weighted by Crippen LogP contribution is 2.33. The molecule has 0 saturated carbocycles. The van der Waals surface area contributed by atoms with Crippen molar-refractivity contribution in [2.75, 3.05) is 20.2 Å². The van der Waals surface area contributed by atoms with Gasteiger partial charge in [0.2, 0.25) is 0 Å². The van der Waals surface area contributed by atoms with E-state index in [1.807, 2.05) is 7.05 Å². The van der Waals surface area contributed by atoms with Gasteiger partial charge in [-0.2, -0.15) is 5.10 Å². The van der Waals surface area contributed by atoms with E-state index in [-0.39, 0.29) is 30.1 Å². The molecule has 0 spiro atoms. The summed E-state index contributed by atoms with van der Waals surface area (Å²) < 4.78 is 7.85. The highest BCUT2D eigenvalue weighted by atomic mass is 127. The molecule has 148 valence electrons. The minimum atomic E-state index is 0. The van der Waals surface area contributed by atoms with Crippen LogP contribution in [-0.4, -0.2) is 40.9 Å². The predicted molar refractivity (Wildman–Crippen MR) is 117 cm³/mol. The van der Waals surface area contributed by atoms with Crippen LogP contribution in [0.15, 0.2) is 35.6 Å². The summed E-state index contributed by atoms with van der Waals surface area (Å²) in [7, 11) is 3.66. The van der Waals surface area contributed by atoms with E-state index >= 15 is 0 Å². The normalized spacial score (nSPS) is 20.0. The number of rotatable bonds is 5. The van der Waals surface area contributed by atoms with Gasteiger partial charge in [0.25, 0.3) is 0 Å². The van der Waals surface area contributed by atoms with Crippen LogP contribution in [0, 0.1) is 12.8 Å². The Labute approximate surface area is 178 Å². The Balaban J connectivity index is 0.00000261. The van der Waals surface area contributed by atoms with Crippen LogP contribution in [0.2, 0.25) is 0 Å². The van der Waals surface area contributed by atoms with Gasteiger partial charge in [-0.05, 0) is 25.3 Å². The summed E-state index contributed by atoms with van der Waals surface area (Å²) in [5.74, 6) is 2.05. The van der Waals surface area contributed by atoms with E-state index in [1.165, 1.54) is 11.1 Å². The van der Waals surface area contributed by atoms with E-state index in [1.54, 1.807) is 18.1 Å². The summed E-state index contributed by atoms with van der Waals surface area (Å²) in [6.45, 7) is 4.33. The lowest BCUT2D eigenvalue weighted by atomic mass is 9.89. The van der Waals surface area contributed by atoms with Crippen molar-refractivity contribution in [3.8, 4) is 0 Å². The maximum absolute atomic E-state index is 6.10. The highest BCUT2D eigenvalue weighted by molar-refractivity contribution is 14.0. The van der Waals surface area contributed by atoms with Crippen LogP contribution < -0.4 is 10.6 Å². The largest absolute Gasteiger partial charge is 0.373 e. The number of hydrogen-bond acceptors (Lipinski definition) is 4. The summed E-state index contributed by atoms with van der Waals surface area (Å²) in [5, 5.41) is 10.8. The van der Waals surface area contributed by atoms with E-state index in [2.05, 4.69) is 56.9 Å². The van der Waals surface area contributed by atoms with Gasteiger partial charge < -0.3 is 15.4 Å². The Morgan fingerprint density at radius 3 is 2.74 bits per heavy atom. The van der Waals surface area contributed by atoms with Gasteiger partial charge in [-0.15, -0.1) is 24.0 Å². The Hall–Kier alpha value is -1.68. The molecule has 1 saturated heterocycles. The van der Waals surface area contributed by atoms with Crippen molar-refractivity contribution in [2.24, 2.45) is 18.0 Å². The van der Waals surface area contributed by atoms with Crippen molar-refractivity contribution >= 4 is 29.9 Å². The highest BCUT2D eigenvalue weighted by Gasteiger charge is 2.27. The number of guanidine groups is 1. The van der Waals surface area contributed by atoms with Gasteiger partial charge in [0.15, 0.2) is 5.96 Å². The molecule has 1 aliphatic rings. The average Bonchev–Trinajstić information content (AvgIpc) is 3.08. The summed E-state index contributed by atoms with van der Waals surface area (Å²) in [6, 6.07) is 8.66. The maximum Gasteiger partial charge on any atom is 0.191 e. The van der Waals surface area contributed by atoms with Crippen molar-refractivity contribution in [2.45, 2.75) is 32.4 Å². The quantitative estimate of drug-likeness (QED) is 0.388. The van der Waals surface area contributed by atoms with Crippen LogP contribution >= 0.6 is 24.0 Å². The molecule has 1 aromatic carbocycles. The third kappa shape index (κ3) is 5.90. The lowest BCUT2D eigenvalue weighted by Crippen LogP contribution is -2.42. The second-order valence-corrected chi connectivity index (χ2v) is 6.71. The van der Waals surface area contributed by atoms with E-state index < -0.39 is 0 Å². The predicted octanol–water partition coefficient (Wildman–Crippen LogP) is 2.57. The second-order valence-electron chi connectivity index (χ2n) is 6.71. The van der Waals surface area contributed by atoms with Crippen LogP contribution in [-0.2, 0) is 18.3 Å². The number of aryl methyl sites for hydroxylation is 2. The maximum atomic E-state index is 6.10. The molecule has 1 fully saturated rings. The number of nitrogens with zero attached hydrogens (tertiary/aromatic N) is 4. The van der Waals surface area contributed by atoms with E-state index in [0.717, 1.165) is 37.8 Å². The minimum absolute atomic E-state index is 0. The molecular formula is C19H29IN6O. The molecule has 0 aliphatic carbocycles. The van der Waals surface area contributed by atoms with Crippen molar-refractivity contribution < 1.29 is 4.74 Å². The summed E-state index contributed by atoms with van der Waals surface area (Å²) >= 11 is 0. The molecular weight excluding hydrogens is 455 g/mol. The summed E-state index contributed by atoms with van der Waals surface area (Å²) in [6.07, 6.45) is 3.93. The van der Waals surface area contributed by atoms with Gasteiger partial charge in [0, 0.05) is 33.2 Å². The first-order valence-electron chi connectivity index (χ1n) is 9.13. The van der Waals surface area contributed by atoms with Crippen molar-refractivity contribution in [1.29, 1.82) is 0 Å². The minimum Gasteiger partial charge on any atom is -0.373 e. The lowest BCUT2D eigenvalue weighted by Gasteiger charge is -2.32. The SMILES string of the molecule is CN=C(NCc1ncnn1C)NCC1CCCOC1c1ccc(C)cc1.I. The first-order chi connectivity index (χ1) is 12.7. The first-order valence-corrected chi connectivity index (χ1v) is 9.13. The molecule has 2 atom stereocenters. The van der Waals surface area contributed by atoms with Crippen LogP contribution in [0.25, 0.3) is 0 Å². The van der Waals surface area contributed by atoms with E-state index in [4.69, 9.17) is 4.74 Å². The molecule has 8 heteroatoms. The number of hydrogen-bond donors (Lipinski definition) is 2. The molecule has 7 nitrogen and oxygen atoms in total. The molecule has 2 aromatic rings. The number of benzene rings is 1. The Bertz CT molecular complexity index is 730. The molecule has 27 heavy (non-hydrogen) atoms. The summed E-state index contributed by atoms with van der Waals surface area (Å²) in [5.41, 5.74) is 2.52. The standard InChI is InChI=1S/C19H28N6O.HI/c1-14-6-8-15(9-7-14)18-16(5-4-10-26-18)11-21-19(20-2)22-12-17-23-13-24-25(17)3;/h6-9,13,16,18H,4-5,10-12H2,1-3H3,(H2,20,21,22);1H. The molecule has 1 aromatic heterocycles. The zero-order valence-electron chi connectivity index (χ0n) is 16.2. The summed E-state index contributed by atoms with van der Waals surface area (Å²) in [4.78, 5) is 8.52. The number of aliphatic imine (C=N–C) groups is 1. The van der Waals surface area contributed by atoms with Crippen LogP contribution in [0.3, 0.4) is 0 Å². The third-order valence-corrected chi connectivity index (χ3v) is 4.83. The third-order valence-electron chi connectivity index (χ3n) is 4.83. The molecule has 2 N–H and O–H groups in total. The first kappa shape index (κ1) is 21.6. The number of aromatic nitrogens is 3. The molecule has 0 bridgehead atoms. The van der Waals surface area contributed by atoms with Gasteiger partial charge in [-0.25, -0.2) is 4.98 Å². The van der Waals surface area contributed by atoms with Gasteiger partial charge in [0.05, 0.1) is 12.6 Å². The lowest BCUT2D eigenvalue weighted by molar-refractivity contribution is -0.0265. The fourth-order valence-electron chi connectivity index (χ4n) is 3.27. The Morgan fingerprint density at radius 2 is 2.07 bits per heavy atom. The van der Waals surface area contributed by atoms with E-state index in [9.17, 15) is 0 Å². The zero-order valence-corrected chi connectivity index (χ0v) is 18.5. The van der Waals surface area contributed by atoms with Crippen molar-refractivity contribution in [3.05, 3.63) is 47.5 Å². The molecule has 2 unspecified atom stereocenters. The fraction of sp³-hybridized carbons (Fsp3) is 0.526. The van der Waals surface area contributed by atoms with Gasteiger partial charge >= 0.3 is 0 Å². The van der Waals surface area contributed by atoms with Crippen LogP contribution in [0.1, 0.15) is 35.9 Å². The van der Waals surface area contributed by atoms with Crippen molar-refractivity contribution in [1.82, 2.24) is 25.4 Å². The number of nitrogens with one attached hydrogen (secondary N) is 2. The smallest absolute Gasteiger partial charge is 0.191 e. The van der Waals surface area contributed by atoms with Crippen LogP contribution in [0.5, 0.6) is 0 Å². The Kier molecular flexibility index (Phi) is 8.49. The van der Waals surface area contributed by atoms with Gasteiger partial charge in [-0.1, -0.05) is 29.8 Å². The van der Waals surface area contributed by atoms with Crippen LogP contribution in [0.4, 0.5) is 0 Å². The molecule has 3 rings (SSSR count). The topological polar surface area (TPSA) is 76.4 Å². The van der Waals surface area contributed by atoms with Gasteiger partial charge in [0.1, 0.15) is 12.2 Å². The molecule has 2 heterocycles. The Morgan fingerprint density at radius 1 is 1.30 bits per heavy atom.